The number of anilines is 1. The van der Waals surface area contributed by atoms with E-state index in [9.17, 15) is 18.0 Å². The maximum atomic E-state index is 13.1. The highest BCUT2D eigenvalue weighted by Gasteiger charge is 2.32. The van der Waals surface area contributed by atoms with E-state index in [0.717, 1.165) is 54.3 Å². The van der Waals surface area contributed by atoms with E-state index in [2.05, 4.69) is 68.1 Å². The number of carbonyl (C=O) groups excluding carboxylic acids is 1. The number of thioether (sulfide) groups is 1. The van der Waals surface area contributed by atoms with Crippen LogP contribution >= 0.6 is 11.8 Å². The average molecular weight is 649 g/mol. The summed E-state index contributed by atoms with van der Waals surface area (Å²) in [5.74, 6) is 1.45. The molecule has 4 aromatic rings. The number of ether oxygens (including phenoxy) is 1. The second-order valence-electron chi connectivity index (χ2n) is 11.6. The standard InChI is InChI=1S/C34H35F3N6O2S/c1-3-23-6-4-5-7-30(23)43-22(2)18-19-46-33(43)40-32(44)39-27-13-12-26(20-27)24-8-10-25(11-9-24)31-38-21-42(41-31)28-14-16-29(17-15-28)45-34(35,36)37/h4-11,14-17,21-22,26-27H,3,12-13,18-20H2,1-2H3,(H,39,44)/b40-33-. The van der Waals surface area contributed by atoms with E-state index >= 15 is 0 Å². The SMILES string of the molecule is CCc1ccccc1N1/C(=N/C(=O)NC2CCC(c3ccc(-c4ncn(-c5ccc(OC(F)(F)F)cc5)n4)cc3)C2)SCCC1C. The first-order valence-corrected chi connectivity index (χ1v) is 16.4. The second-order valence-corrected chi connectivity index (χ2v) is 12.6. The highest BCUT2D eigenvalue weighted by molar-refractivity contribution is 8.14. The van der Waals surface area contributed by atoms with Crippen molar-refractivity contribution in [1.29, 1.82) is 0 Å². The van der Waals surface area contributed by atoms with Gasteiger partial charge in [0, 0.05) is 29.1 Å². The number of rotatable bonds is 7. The minimum atomic E-state index is -4.74. The van der Waals surface area contributed by atoms with Crippen LogP contribution in [0.2, 0.25) is 0 Å². The average Bonchev–Trinajstić information content (AvgIpc) is 3.72. The number of aromatic nitrogens is 3. The van der Waals surface area contributed by atoms with Crippen LogP contribution in [0.4, 0.5) is 23.7 Å². The van der Waals surface area contributed by atoms with Crippen LogP contribution in [0.15, 0.2) is 84.1 Å². The van der Waals surface area contributed by atoms with Gasteiger partial charge in [-0.3, -0.25) is 0 Å². The maximum Gasteiger partial charge on any atom is 0.573 e. The van der Waals surface area contributed by atoms with Gasteiger partial charge in [0.15, 0.2) is 11.0 Å². The summed E-state index contributed by atoms with van der Waals surface area (Å²) in [6.07, 6.45) is 1.40. The van der Waals surface area contributed by atoms with Crippen LogP contribution in [-0.4, -0.2) is 50.2 Å². The largest absolute Gasteiger partial charge is 0.573 e. The summed E-state index contributed by atoms with van der Waals surface area (Å²) in [7, 11) is 0. The third kappa shape index (κ3) is 7.38. The molecule has 3 aromatic carbocycles. The predicted octanol–water partition coefficient (Wildman–Crippen LogP) is 8.13. The molecule has 1 N–H and O–H groups in total. The molecule has 2 heterocycles. The van der Waals surface area contributed by atoms with Crippen LogP contribution < -0.4 is 15.0 Å². The fourth-order valence-electron chi connectivity index (χ4n) is 6.11. The lowest BCUT2D eigenvalue weighted by Crippen LogP contribution is -2.43. The van der Waals surface area contributed by atoms with Crippen LogP contribution in [0.5, 0.6) is 5.75 Å². The molecule has 8 nitrogen and oxygen atoms in total. The molecule has 3 unspecified atom stereocenters. The Balaban J connectivity index is 1.06. The van der Waals surface area contributed by atoms with Crippen LogP contribution in [0, 0.1) is 0 Å². The van der Waals surface area contributed by atoms with Crippen LogP contribution in [0.3, 0.4) is 0 Å². The summed E-state index contributed by atoms with van der Waals surface area (Å²) in [5.41, 5.74) is 4.93. The zero-order valence-corrected chi connectivity index (χ0v) is 26.4. The predicted molar refractivity (Wildman–Crippen MR) is 175 cm³/mol. The molecule has 46 heavy (non-hydrogen) atoms. The molecule has 1 aliphatic carbocycles. The van der Waals surface area contributed by atoms with E-state index in [1.54, 1.807) is 11.8 Å². The number of hydrogen-bond donors (Lipinski definition) is 1. The van der Waals surface area contributed by atoms with Gasteiger partial charge in [-0.15, -0.1) is 18.3 Å². The molecule has 0 radical (unpaired) electrons. The van der Waals surface area contributed by atoms with E-state index in [1.165, 1.54) is 46.4 Å². The molecule has 2 amide bonds. The second kappa shape index (κ2) is 13.6. The lowest BCUT2D eigenvalue weighted by Gasteiger charge is -2.36. The summed E-state index contributed by atoms with van der Waals surface area (Å²) in [5, 5.41) is 8.41. The number of alkyl halides is 3. The minimum Gasteiger partial charge on any atom is -0.406 e. The lowest BCUT2D eigenvalue weighted by atomic mass is 9.96. The van der Waals surface area contributed by atoms with Crippen molar-refractivity contribution in [3.8, 4) is 22.8 Å². The molecule has 0 bridgehead atoms. The summed E-state index contributed by atoms with van der Waals surface area (Å²) < 4.78 is 42.8. The number of amidine groups is 1. The molecule has 1 aromatic heterocycles. The quantitative estimate of drug-likeness (QED) is 0.218. The van der Waals surface area contributed by atoms with Gasteiger partial charge >= 0.3 is 12.4 Å². The molecular weight excluding hydrogens is 613 g/mol. The van der Waals surface area contributed by atoms with Gasteiger partial charge in [-0.1, -0.05) is 61.2 Å². The maximum absolute atomic E-state index is 13.1. The number of amides is 2. The van der Waals surface area contributed by atoms with Gasteiger partial charge < -0.3 is 15.0 Å². The first kappa shape index (κ1) is 31.7. The first-order chi connectivity index (χ1) is 22.2. The lowest BCUT2D eigenvalue weighted by molar-refractivity contribution is -0.274. The molecule has 240 valence electrons. The molecule has 0 spiro atoms. The minimum absolute atomic E-state index is 0.0502. The number of halogens is 3. The van der Waals surface area contributed by atoms with E-state index in [-0.39, 0.29) is 23.9 Å². The van der Waals surface area contributed by atoms with Gasteiger partial charge in [-0.25, -0.2) is 14.5 Å². The van der Waals surface area contributed by atoms with Gasteiger partial charge in [0.05, 0.1) is 5.69 Å². The van der Waals surface area contributed by atoms with Crippen molar-refractivity contribution < 1.29 is 22.7 Å². The normalized spacial score (nSPS) is 21.0. The molecule has 1 saturated carbocycles. The van der Waals surface area contributed by atoms with E-state index < -0.39 is 6.36 Å². The Kier molecular flexibility index (Phi) is 9.34. The Bertz CT molecular complexity index is 1690. The van der Waals surface area contributed by atoms with Gasteiger partial charge in [0.25, 0.3) is 0 Å². The van der Waals surface area contributed by atoms with Gasteiger partial charge in [-0.2, -0.15) is 4.99 Å². The van der Waals surface area contributed by atoms with Crippen LogP contribution in [0.1, 0.15) is 56.6 Å². The van der Waals surface area contributed by atoms with Crippen molar-refractivity contribution in [3.05, 3.63) is 90.3 Å². The number of hydrogen-bond acceptors (Lipinski definition) is 5. The van der Waals surface area contributed by atoms with Crippen molar-refractivity contribution in [3.63, 3.8) is 0 Å². The third-order valence-corrected chi connectivity index (χ3v) is 9.46. The number of aliphatic imine (C=N–C) groups is 1. The number of benzene rings is 3. The first-order valence-electron chi connectivity index (χ1n) is 15.4. The smallest absolute Gasteiger partial charge is 0.406 e. The van der Waals surface area contributed by atoms with Crippen molar-refractivity contribution in [1.82, 2.24) is 20.1 Å². The zero-order valence-electron chi connectivity index (χ0n) is 25.6. The fraction of sp³-hybridized carbons (Fsp3) is 0.353. The Morgan fingerprint density at radius 3 is 2.54 bits per heavy atom. The molecule has 2 fully saturated rings. The third-order valence-electron chi connectivity index (χ3n) is 8.47. The number of urea groups is 1. The Morgan fingerprint density at radius 2 is 1.80 bits per heavy atom. The summed E-state index contributed by atoms with van der Waals surface area (Å²) in [6, 6.07) is 21.9. The Hall–Kier alpha value is -4.32. The number of nitrogens with one attached hydrogen (secondary N) is 1. The van der Waals surface area contributed by atoms with E-state index in [4.69, 9.17) is 0 Å². The van der Waals surface area contributed by atoms with Crippen molar-refractivity contribution in [2.75, 3.05) is 10.7 Å². The molecule has 1 aliphatic heterocycles. The monoisotopic (exact) mass is 648 g/mol. The fourth-order valence-corrected chi connectivity index (χ4v) is 7.32. The Morgan fingerprint density at radius 1 is 1.04 bits per heavy atom. The molecule has 3 atom stereocenters. The highest BCUT2D eigenvalue weighted by atomic mass is 32.2. The van der Waals surface area contributed by atoms with E-state index in [1.807, 2.05) is 24.3 Å². The molecule has 6 rings (SSSR count). The van der Waals surface area contributed by atoms with Gasteiger partial charge in [-0.05, 0) is 86.4 Å². The summed E-state index contributed by atoms with van der Waals surface area (Å²) in [6.45, 7) is 4.33. The number of nitrogens with zero attached hydrogens (tertiary/aromatic N) is 5. The molecule has 2 aliphatic rings. The summed E-state index contributed by atoms with van der Waals surface area (Å²) >= 11 is 1.64. The van der Waals surface area contributed by atoms with Crippen LogP contribution in [0.25, 0.3) is 17.1 Å². The zero-order chi connectivity index (χ0) is 32.3. The topological polar surface area (TPSA) is 84.6 Å². The van der Waals surface area contributed by atoms with Crippen molar-refractivity contribution in [2.24, 2.45) is 4.99 Å². The Labute approximate surface area is 270 Å². The van der Waals surface area contributed by atoms with Gasteiger partial charge in [0.1, 0.15) is 12.1 Å². The van der Waals surface area contributed by atoms with Crippen molar-refractivity contribution in [2.45, 2.75) is 70.3 Å². The molecular formula is C34H35F3N6O2S. The van der Waals surface area contributed by atoms with Crippen LogP contribution in [-0.2, 0) is 6.42 Å². The highest BCUT2D eigenvalue weighted by Crippen LogP contribution is 2.36. The van der Waals surface area contributed by atoms with E-state index in [0.29, 0.717) is 17.4 Å². The number of carbonyl (C=O) groups is 1. The van der Waals surface area contributed by atoms with Crippen molar-refractivity contribution >= 4 is 28.6 Å². The summed E-state index contributed by atoms with van der Waals surface area (Å²) in [4.78, 5) is 24.3. The number of para-hydroxylation sites is 1. The van der Waals surface area contributed by atoms with Gasteiger partial charge in [0.2, 0.25) is 0 Å². The molecule has 1 saturated heterocycles. The molecule has 12 heteroatoms. The number of aryl methyl sites for hydroxylation is 1.